The van der Waals surface area contributed by atoms with Crippen LogP contribution in [0.2, 0.25) is 0 Å². The molecule has 0 amide bonds. The number of nitrogens with zero attached hydrogens (tertiary/aromatic N) is 3. The number of anilines is 1. The first kappa shape index (κ1) is 24.3. The van der Waals surface area contributed by atoms with Crippen molar-refractivity contribution in [3.05, 3.63) is 47.3 Å². The van der Waals surface area contributed by atoms with Crippen molar-refractivity contribution in [3.63, 3.8) is 0 Å². The van der Waals surface area contributed by atoms with Gasteiger partial charge in [0.15, 0.2) is 5.96 Å². The molecule has 2 fully saturated rings. The van der Waals surface area contributed by atoms with Crippen LogP contribution in [-0.4, -0.2) is 58.0 Å². The molecule has 2 aromatic rings. The highest BCUT2D eigenvalue weighted by atomic mass is 127. The molecule has 7 nitrogen and oxygen atoms in total. The number of guanidine groups is 1. The van der Waals surface area contributed by atoms with Crippen LogP contribution in [-0.2, 0) is 16.6 Å². The van der Waals surface area contributed by atoms with Gasteiger partial charge in [-0.05, 0) is 55.0 Å². The first-order valence-electron chi connectivity index (χ1n) is 10.5. The summed E-state index contributed by atoms with van der Waals surface area (Å²) in [6.07, 6.45) is 1.86. The molecule has 2 heterocycles. The Balaban J connectivity index is 0.00000272. The Morgan fingerprint density at radius 1 is 1.13 bits per heavy atom. The number of benzene rings is 1. The average molecular weight is 576 g/mol. The lowest BCUT2D eigenvalue weighted by molar-refractivity contribution is 0.373. The van der Waals surface area contributed by atoms with Gasteiger partial charge >= 0.3 is 0 Å². The summed E-state index contributed by atoms with van der Waals surface area (Å²) in [5.41, 5.74) is 0.994. The molecule has 4 rings (SSSR count). The predicted molar refractivity (Wildman–Crippen MR) is 138 cm³/mol. The molecule has 0 atom stereocenters. The molecular formula is C21H30IN5O2S2. The maximum Gasteiger partial charge on any atom is 0.240 e. The molecule has 1 saturated carbocycles. The lowest BCUT2D eigenvalue weighted by Crippen LogP contribution is -2.52. The van der Waals surface area contributed by atoms with Gasteiger partial charge in [0.05, 0.1) is 16.4 Å². The van der Waals surface area contributed by atoms with Crippen LogP contribution in [0.5, 0.6) is 0 Å². The number of rotatable bonds is 7. The molecule has 1 aliphatic carbocycles. The highest BCUT2D eigenvalue weighted by Crippen LogP contribution is 2.23. The zero-order chi connectivity index (χ0) is 21.0. The van der Waals surface area contributed by atoms with Crippen LogP contribution >= 0.6 is 35.3 Å². The summed E-state index contributed by atoms with van der Waals surface area (Å²) < 4.78 is 27.3. The molecule has 31 heavy (non-hydrogen) atoms. The molecule has 1 aromatic heterocycles. The second kappa shape index (κ2) is 11.0. The van der Waals surface area contributed by atoms with Crippen molar-refractivity contribution in [2.24, 2.45) is 4.99 Å². The molecule has 2 N–H and O–H groups in total. The van der Waals surface area contributed by atoms with Gasteiger partial charge in [-0.25, -0.2) is 18.1 Å². The minimum absolute atomic E-state index is 0. The van der Waals surface area contributed by atoms with Crippen molar-refractivity contribution in [2.45, 2.75) is 37.2 Å². The van der Waals surface area contributed by atoms with E-state index in [1.54, 1.807) is 23.5 Å². The van der Waals surface area contributed by atoms with E-state index < -0.39 is 10.0 Å². The van der Waals surface area contributed by atoms with E-state index in [0.717, 1.165) is 57.1 Å². The summed E-state index contributed by atoms with van der Waals surface area (Å²) in [7, 11) is -3.40. The largest absolute Gasteiger partial charge is 0.360 e. The summed E-state index contributed by atoms with van der Waals surface area (Å²) >= 11 is 1.78. The summed E-state index contributed by atoms with van der Waals surface area (Å²) in [5.74, 6) is 0.912. The molecule has 10 heteroatoms. The smallest absolute Gasteiger partial charge is 0.240 e. The fourth-order valence-corrected chi connectivity index (χ4v) is 5.53. The van der Waals surface area contributed by atoms with Crippen LogP contribution in [0.4, 0.5) is 5.00 Å². The summed E-state index contributed by atoms with van der Waals surface area (Å²) in [4.78, 5) is 9.83. The van der Waals surface area contributed by atoms with E-state index in [2.05, 4.69) is 44.3 Å². The average Bonchev–Trinajstić information content (AvgIpc) is 3.38. The van der Waals surface area contributed by atoms with Crippen molar-refractivity contribution in [3.8, 4) is 0 Å². The van der Waals surface area contributed by atoms with Crippen molar-refractivity contribution < 1.29 is 8.42 Å². The maximum atomic E-state index is 12.3. The van der Waals surface area contributed by atoms with Gasteiger partial charge in [-0.3, -0.25) is 0 Å². The fourth-order valence-electron chi connectivity index (χ4n) is 3.44. The van der Waals surface area contributed by atoms with Crippen LogP contribution in [0.3, 0.4) is 0 Å². The van der Waals surface area contributed by atoms with Gasteiger partial charge in [0.25, 0.3) is 0 Å². The number of piperazine rings is 1. The molecule has 170 valence electrons. The van der Waals surface area contributed by atoms with Crippen molar-refractivity contribution >= 4 is 56.3 Å². The lowest BCUT2D eigenvalue weighted by atomic mass is 10.2. The van der Waals surface area contributed by atoms with Crippen LogP contribution in [0.15, 0.2) is 51.7 Å². The maximum absolute atomic E-state index is 12.3. The summed E-state index contributed by atoms with van der Waals surface area (Å²) in [6.45, 7) is 7.21. The number of nitrogens with one attached hydrogen (secondary N) is 2. The standard InChI is InChI=1S/C21H29N5O2S2.HI/c1-2-22-21(26-13-11-25(12-14-26)20-4-3-15-29-20)23-16-17-5-9-19(10-6-17)30(27,28)24-18-7-8-18;/h3-6,9-10,15,18,24H,2,7-8,11-14,16H2,1H3,(H,22,23);1H. The SMILES string of the molecule is CCNC(=NCc1ccc(S(=O)(=O)NC2CC2)cc1)N1CCN(c2cccs2)CC1.I. The van der Waals surface area contributed by atoms with Gasteiger partial charge in [0.1, 0.15) is 0 Å². The van der Waals surface area contributed by atoms with Crippen molar-refractivity contribution in [2.75, 3.05) is 37.6 Å². The molecule has 0 bridgehead atoms. The quantitative estimate of drug-likeness (QED) is 0.302. The first-order valence-corrected chi connectivity index (χ1v) is 12.8. The minimum atomic E-state index is -3.40. The van der Waals surface area contributed by atoms with Crippen LogP contribution in [0.25, 0.3) is 0 Å². The van der Waals surface area contributed by atoms with E-state index >= 15 is 0 Å². The number of aliphatic imine (C=N–C) groups is 1. The molecule has 0 spiro atoms. The monoisotopic (exact) mass is 575 g/mol. The van der Waals surface area contributed by atoms with Gasteiger partial charge in [-0.2, -0.15) is 0 Å². The normalized spacial score (nSPS) is 17.4. The lowest BCUT2D eigenvalue weighted by Gasteiger charge is -2.37. The Morgan fingerprint density at radius 3 is 2.42 bits per heavy atom. The van der Waals surface area contributed by atoms with Crippen LogP contribution < -0.4 is 14.9 Å². The van der Waals surface area contributed by atoms with Gasteiger partial charge in [-0.15, -0.1) is 35.3 Å². The predicted octanol–water partition coefficient (Wildman–Crippen LogP) is 3.09. The van der Waals surface area contributed by atoms with Crippen LogP contribution in [0.1, 0.15) is 25.3 Å². The van der Waals surface area contributed by atoms with Gasteiger partial charge in [-0.1, -0.05) is 12.1 Å². The number of halogens is 1. The Bertz CT molecular complexity index is 952. The van der Waals surface area contributed by atoms with E-state index in [0.29, 0.717) is 11.4 Å². The van der Waals surface area contributed by atoms with E-state index in [1.807, 2.05) is 12.1 Å². The zero-order valence-corrected chi connectivity index (χ0v) is 21.6. The zero-order valence-electron chi connectivity index (χ0n) is 17.7. The Hall–Kier alpha value is -1.37. The molecule has 1 saturated heterocycles. The third-order valence-corrected chi connectivity index (χ3v) is 7.74. The number of hydrogen-bond donors (Lipinski definition) is 2. The Kier molecular flexibility index (Phi) is 8.59. The molecule has 0 radical (unpaired) electrons. The van der Waals surface area contributed by atoms with Gasteiger partial charge < -0.3 is 15.1 Å². The second-order valence-electron chi connectivity index (χ2n) is 7.64. The van der Waals surface area contributed by atoms with Crippen LogP contribution in [0, 0.1) is 0 Å². The molecule has 1 aliphatic heterocycles. The summed E-state index contributed by atoms with van der Waals surface area (Å²) in [6, 6.07) is 11.4. The topological polar surface area (TPSA) is 77.0 Å². The number of sulfonamides is 1. The molecule has 0 unspecified atom stereocenters. The van der Waals surface area contributed by atoms with E-state index in [-0.39, 0.29) is 30.0 Å². The third-order valence-electron chi connectivity index (χ3n) is 5.28. The minimum Gasteiger partial charge on any atom is -0.360 e. The Morgan fingerprint density at radius 2 is 1.84 bits per heavy atom. The number of thiophene rings is 1. The van der Waals surface area contributed by atoms with E-state index in [1.165, 1.54) is 5.00 Å². The van der Waals surface area contributed by atoms with E-state index in [9.17, 15) is 8.42 Å². The van der Waals surface area contributed by atoms with Gasteiger partial charge in [0, 0.05) is 38.8 Å². The third kappa shape index (κ3) is 6.56. The van der Waals surface area contributed by atoms with Crippen molar-refractivity contribution in [1.82, 2.24) is 14.9 Å². The van der Waals surface area contributed by atoms with Crippen molar-refractivity contribution in [1.29, 1.82) is 0 Å². The molecule has 1 aromatic carbocycles. The molecular weight excluding hydrogens is 545 g/mol. The van der Waals surface area contributed by atoms with Gasteiger partial charge in [0.2, 0.25) is 10.0 Å². The highest BCUT2D eigenvalue weighted by Gasteiger charge is 2.27. The highest BCUT2D eigenvalue weighted by molar-refractivity contribution is 14.0. The molecule has 2 aliphatic rings. The summed E-state index contributed by atoms with van der Waals surface area (Å²) in [5, 5.41) is 6.83. The second-order valence-corrected chi connectivity index (χ2v) is 10.3. The van der Waals surface area contributed by atoms with E-state index in [4.69, 9.17) is 4.99 Å². The first-order chi connectivity index (χ1) is 14.5. The number of hydrogen-bond acceptors (Lipinski definition) is 5. The Labute approximate surface area is 206 Å². The fraction of sp³-hybridized carbons (Fsp3) is 0.476.